The van der Waals surface area contributed by atoms with Crippen molar-refractivity contribution in [2.75, 3.05) is 12.0 Å². The van der Waals surface area contributed by atoms with Crippen LogP contribution in [0.15, 0.2) is 16.6 Å². The fourth-order valence-corrected chi connectivity index (χ4v) is 2.03. The van der Waals surface area contributed by atoms with Crippen molar-refractivity contribution in [2.24, 2.45) is 0 Å². The third kappa shape index (κ3) is 3.34. The Labute approximate surface area is 99.5 Å². The molecule has 88 valence electrons. The maximum atomic E-state index is 13.2. The van der Waals surface area contributed by atoms with Gasteiger partial charge in [0, 0.05) is 12.3 Å². The van der Waals surface area contributed by atoms with Gasteiger partial charge in [0.25, 0.3) is 0 Å². The molecule has 0 amide bonds. The number of rotatable bonds is 3. The number of ketones is 1. The smallest absolute Gasteiger partial charge is 0.180 e. The van der Waals surface area contributed by atoms with E-state index in [2.05, 4.69) is 15.9 Å². The molecule has 0 N–H and O–H groups in total. The largest absolute Gasteiger partial charge is 0.293 e. The van der Waals surface area contributed by atoms with Gasteiger partial charge in [0.1, 0.15) is 17.4 Å². The van der Waals surface area contributed by atoms with Gasteiger partial charge in [-0.05, 0) is 22.0 Å². The average molecular weight is 313 g/mol. The zero-order valence-electron chi connectivity index (χ0n) is 8.13. The highest BCUT2D eigenvalue weighted by Gasteiger charge is 2.18. The quantitative estimate of drug-likeness (QED) is 0.633. The molecule has 16 heavy (non-hydrogen) atoms. The normalized spacial score (nSPS) is 11.5. The van der Waals surface area contributed by atoms with Gasteiger partial charge in [0.05, 0.1) is 10.0 Å². The highest BCUT2D eigenvalue weighted by Crippen LogP contribution is 2.20. The lowest BCUT2D eigenvalue weighted by Gasteiger charge is -2.03. The summed E-state index contributed by atoms with van der Waals surface area (Å²) in [6.45, 7) is 0. The van der Waals surface area contributed by atoms with Crippen molar-refractivity contribution in [3.05, 3.63) is 33.8 Å². The molecule has 0 unspecified atom stereocenters. The van der Waals surface area contributed by atoms with Crippen molar-refractivity contribution in [1.29, 1.82) is 0 Å². The Morgan fingerprint density at radius 2 is 1.88 bits per heavy atom. The molecule has 3 nitrogen and oxygen atoms in total. The van der Waals surface area contributed by atoms with E-state index in [9.17, 15) is 22.0 Å². The first kappa shape index (κ1) is 13.2. The zero-order chi connectivity index (χ0) is 12.5. The number of halogens is 3. The van der Waals surface area contributed by atoms with Gasteiger partial charge in [0.15, 0.2) is 15.6 Å². The Kier molecular flexibility index (Phi) is 3.80. The minimum absolute atomic E-state index is 0.0919. The first-order chi connectivity index (χ1) is 7.20. The number of Topliss-reactive ketones (excluding diaryl/α,β-unsaturated/α-hetero) is 1. The summed E-state index contributed by atoms with van der Waals surface area (Å²) in [5, 5.41) is 0. The van der Waals surface area contributed by atoms with Crippen LogP contribution in [0.2, 0.25) is 0 Å². The summed E-state index contributed by atoms with van der Waals surface area (Å²) in [7, 11) is -3.54. The Morgan fingerprint density at radius 3 is 2.38 bits per heavy atom. The molecule has 0 spiro atoms. The highest BCUT2D eigenvalue weighted by atomic mass is 79.9. The number of carbonyl (C=O) groups excluding carboxylic acids is 1. The summed E-state index contributed by atoms with van der Waals surface area (Å²) in [5.74, 6) is -3.63. The van der Waals surface area contributed by atoms with E-state index in [-0.39, 0.29) is 4.47 Å². The SMILES string of the molecule is CS(=O)(=O)CC(=O)c1cc(Br)c(F)cc1F. The molecule has 0 aromatic heterocycles. The van der Waals surface area contributed by atoms with Crippen LogP contribution in [0, 0.1) is 11.6 Å². The molecule has 0 aliphatic rings. The molecule has 0 fully saturated rings. The van der Waals surface area contributed by atoms with Crippen molar-refractivity contribution in [3.63, 3.8) is 0 Å². The predicted octanol–water partition coefficient (Wildman–Crippen LogP) is 1.95. The van der Waals surface area contributed by atoms with E-state index < -0.39 is 38.6 Å². The molecule has 0 radical (unpaired) electrons. The molecule has 0 saturated heterocycles. The minimum atomic E-state index is -3.54. The maximum absolute atomic E-state index is 13.2. The van der Waals surface area contributed by atoms with Gasteiger partial charge in [-0.15, -0.1) is 0 Å². The van der Waals surface area contributed by atoms with Crippen LogP contribution in [0.4, 0.5) is 8.78 Å². The van der Waals surface area contributed by atoms with Crippen molar-refractivity contribution < 1.29 is 22.0 Å². The fourth-order valence-electron chi connectivity index (χ4n) is 1.05. The summed E-state index contributed by atoms with van der Waals surface area (Å²) in [4.78, 5) is 11.4. The number of benzene rings is 1. The van der Waals surface area contributed by atoms with Gasteiger partial charge in [-0.3, -0.25) is 4.79 Å². The zero-order valence-corrected chi connectivity index (χ0v) is 10.5. The molecule has 0 bridgehead atoms. The van der Waals surface area contributed by atoms with Gasteiger partial charge in [-0.2, -0.15) is 0 Å². The van der Waals surface area contributed by atoms with E-state index in [0.29, 0.717) is 6.07 Å². The van der Waals surface area contributed by atoms with Gasteiger partial charge in [0.2, 0.25) is 0 Å². The summed E-state index contributed by atoms with van der Waals surface area (Å²) in [5.41, 5.74) is -0.446. The Morgan fingerprint density at radius 1 is 1.31 bits per heavy atom. The van der Waals surface area contributed by atoms with E-state index >= 15 is 0 Å². The highest BCUT2D eigenvalue weighted by molar-refractivity contribution is 9.10. The monoisotopic (exact) mass is 312 g/mol. The van der Waals surface area contributed by atoms with Crippen LogP contribution in [-0.4, -0.2) is 26.2 Å². The second kappa shape index (κ2) is 4.58. The predicted molar refractivity (Wildman–Crippen MR) is 58.1 cm³/mol. The van der Waals surface area contributed by atoms with Crippen molar-refractivity contribution >= 4 is 31.6 Å². The Bertz CT molecular complexity index is 540. The Hall–Kier alpha value is -0.820. The lowest BCUT2D eigenvalue weighted by Crippen LogP contribution is -2.16. The number of carbonyl (C=O) groups is 1. The molecule has 0 saturated carbocycles. The van der Waals surface area contributed by atoms with Gasteiger partial charge in [-0.25, -0.2) is 17.2 Å². The van der Waals surface area contributed by atoms with Crippen LogP contribution in [0.25, 0.3) is 0 Å². The third-order valence-corrected chi connectivity index (χ3v) is 3.10. The van der Waals surface area contributed by atoms with E-state index in [1.54, 1.807) is 0 Å². The third-order valence-electron chi connectivity index (χ3n) is 1.70. The molecule has 1 aromatic rings. The van der Waals surface area contributed by atoms with Gasteiger partial charge in [-0.1, -0.05) is 0 Å². The molecule has 1 rings (SSSR count). The van der Waals surface area contributed by atoms with Crippen LogP contribution >= 0.6 is 15.9 Å². The number of hydrogen-bond acceptors (Lipinski definition) is 3. The molecular weight excluding hydrogens is 306 g/mol. The molecule has 0 heterocycles. The van der Waals surface area contributed by atoms with Crippen molar-refractivity contribution in [2.45, 2.75) is 0 Å². The van der Waals surface area contributed by atoms with E-state index in [1.165, 1.54) is 0 Å². The van der Waals surface area contributed by atoms with Crippen LogP contribution in [-0.2, 0) is 9.84 Å². The van der Waals surface area contributed by atoms with Crippen LogP contribution in [0.5, 0.6) is 0 Å². The number of sulfone groups is 1. The first-order valence-electron chi connectivity index (χ1n) is 4.06. The van der Waals surface area contributed by atoms with E-state index in [0.717, 1.165) is 12.3 Å². The molecule has 0 atom stereocenters. The standard InChI is InChI=1S/C9H7BrF2O3S/c1-16(14,15)4-9(13)5-2-6(10)8(12)3-7(5)11/h2-3H,4H2,1H3. The topological polar surface area (TPSA) is 51.2 Å². The van der Waals surface area contributed by atoms with E-state index in [1.807, 2.05) is 0 Å². The summed E-state index contributed by atoms with van der Waals surface area (Å²) < 4.78 is 47.6. The summed E-state index contributed by atoms with van der Waals surface area (Å²) >= 11 is 2.78. The first-order valence-corrected chi connectivity index (χ1v) is 6.91. The van der Waals surface area contributed by atoms with Crippen LogP contribution in [0.1, 0.15) is 10.4 Å². The minimum Gasteiger partial charge on any atom is -0.293 e. The second-order valence-electron chi connectivity index (χ2n) is 3.24. The lowest BCUT2D eigenvalue weighted by atomic mass is 10.1. The van der Waals surface area contributed by atoms with Crippen LogP contribution in [0.3, 0.4) is 0 Å². The van der Waals surface area contributed by atoms with Crippen molar-refractivity contribution in [1.82, 2.24) is 0 Å². The molecule has 0 aliphatic carbocycles. The number of hydrogen-bond donors (Lipinski definition) is 0. The average Bonchev–Trinajstić information content (AvgIpc) is 2.08. The summed E-state index contributed by atoms with van der Waals surface area (Å²) in [6.07, 6.45) is 0.862. The lowest BCUT2D eigenvalue weighted by molar-refractivity contribution is 0.101. The van der Waals surface area contributed by atoms with Crippen LogP contribution < -0.4 is 0 Å². The van der Waals surface area contributed by atoms with Gasteiger partial charge >= 0.3 is 0 Å². The van der Waals surface area contributed by atoms with E-state index in [4.69, 9.17) is 0 Å². The van der Waals surface area contributed by atoms with Crippen molar-refractivity contribution in [3.8, 4) is 0 Å². The molecule has 0 aliphatic heterocycles. The Balaban J connectivity index is 3.15. The molecular formula is C9H7BrF2O3S. The second-order valence-corrected chi connectivity index (χ2v) is 6.23. The van der Waals surface area contributed by atoms with Gasteiger partial charge < -0.3 is 0 Å². The molecule has 7 heteroatoms. The molecule has 1 aromatic carbocycles. The fraction of sp³-hybridized carbons (Fsp3) is 0.222. The summed E-state index contributed by atoms with van der Waals surface area (Å²) in [6, 6.07) is 1.46. The maximum Gasteiger partial charge on any atom is 0.180 e.